The number of benzene rings is 2. The van der Waals surface area contributed by atoms with Crippen molar-refractivity contribution in [3.05, 3.63) is 125 Å². The molecule has 10 rings (SSSR count). The summed E-state index contributed by atoms with van der Waals surface area (Å²) in [5.41, 5.74) is 17.3. The topological polar surface area (TPSA) is 376 Å². The quantitative estimate of drug-likeness (QED) is 0.0316. The van der Waals surface area contributed by atoms with Gasteiger partial charge in [-0.15, -0.1) is 0 Å². The average molecular weight is 1260 g/mol. The van der Waals surface area contributed by atoms with Crippen LogP contribution in [0.2, 0.25) is 0 Å². The smallest absolute Gasteiger partial charge is 0.410 e. The molecule has 0 radical (unpaired) electrons. The predicted octanol–water partition coefficient (Wildman–Crippen LogP) is 4.69. The van der Waals surface area contributed by atoms with Crippen LogP contribution in [0.5, 0.6) is 5.75 Å². The highest BCUT2D eigenvalue weighted by Gasteiger charge is 2.33. The number of hydrogen-bond acceptors (Lipinski definition) is 17. The van der Waals surface area contributed by atoms with E-state index in [9.17, 15) is 43.2 Å². The summed E-state index contributed by atoms with van der Waals surface area (Å²) in [5, 5.41) is 21.2. The van der Waals surface area contributed by atoms with Gasteiger partial charge in [-0.05, 0) is 101 Å². The Balaban J connectivity index is 0.779. The molecule has 0 unspecified atom stereocenters. The van der Waals surface area contributed by atoms with E-state index in [1.165, 1.54) is 19.2 Å². The molecule has 6 aromatic heterocycles. The van der Waals surface area contributed by atoms with E-state index in [1.807, 2.05) is 48.2 Å². The molecule has 1 saturated heterocycles. The molecule has 8 N–H and O–H groups in total. The summed E-state index contributed by atoms with van der Waals surface area (Å²) < 4.78 is 19.3. The molecule has 92 heavy (non-hydrogen) atoms. The van der Waals surface area contributed by atoms with Crippen LogP contribution in [0.4, 0.5) is 16.4 Å². The third-order valence-electron chi connectivity index (χ3n) is 15.7. The number of carbonyl (C=O) groups excluding carboxylic acids is 9. The molecular weight excluding hydrogens is 1180 g/mol. The van der Waals surface area contributed by atoms with Gasteiger partial charge < -0.3 is 46.4 Å². The third kappa shape index (κ3) is 14.0. The number of nitrogens with one attached hydrogen (secondary N) is 4. The van der Waals surface area contributed by atoms with Gasteiger partial charge in [-0.2, -0.15) is 10.2 Å². The zero-order chi connectivity index (χ0) is 65.7. The lowest BCUT2D eigenvalue weighted by Gasteiger charge is -2.38. The number of likely N-dealkylation sites (tertiary alicyclic amines) is 1. The summed E-state index contributed by atoms with van der Waals surface area (Å²) in [6.45, 7) is 14.7. The van der Waals surface area contributed by atoms with Gasteiger partial charge in [0, 0.05) is 98.8 Å². The average Bonchev–Trinajstić information content (AvgIpc) is 1.53. The van der Waals surface area contributed by atoms with Gasteiger partial charge in [0.15, 0.2) is 11.5 Å². The fourth-order valence-electron chi connectivity index (χ4n) is 10.8. The van der Waals surface area contributed by atoms with Crippen molar-refractivity contribution in [1.82, 2.24) is 69.1 Å². The number of amides is 9. The number of anilines is 2. The molecule has 8 heterocycles. The molecule has 29 heteroatoms. The van der Waals surface area contributed by atoms with Gasteiger partial charge in [-0.1, -0.05) is 38.1 Å². The van der Waals surface area contributed by atoms with Crippen molar-refractivity contribution in [2.24, 2.45) is 23.3 Å². The van der Waals surface area contributed by atoms with E-state index in [0.29, 0.717) is 106 Å². The van der Waals surface area contributed by atoms with Crippen LogP contribution in [-0.2, 0) is 61.5 Å². The highest BCUT2D eigenvalue weighted by atomic mass is 16.6. The second-order valence-corrected chi connectivity index (χ2v) is 22.7. The molecular formula is C63H70N18O11. The number of hydrogen-bond donors (Lipinski definition) is 6. The maximum atomic E-state index is 13.7. The lowest BCUT2D eigenvalue weighted by molar-refractivity contribution is -0.137. The molecule has 2 atom stereocenters. The summed E-state index contributed by atoms with van der Waals surface area (Å²) in [4.78, 5) is 136. The van der Waals surface area contributed by atoms with Crippen molar-refractivity contribution in [3.63, 3.8) is 0 Å². The van der Waals surface area contributed by atoms with Gasteiger partial charge in [-0.25, -0.2) is 24.7 Å². The fraction of sp³-hybridized carbons (Fsp3) is 0.349. The first-order chi connectivity index (χ1) is 44.1. The van der Waals surface area contributed by atoms with Crippen molar-refractivity contribution in [1.29, 1.82) is 0 Å². The number of primary amides is 2. The summed E-state index contributed by atoms with van der Waals surface area (Å²) >= 11 is 0. The Labute approximate surface area is 526 Å². The minimum Gasteiger partial charge on any atom is -0.491 e. The molecule has 2 aliphatic rings. The standard InChI is InChI=1S/C63H70N18O11/c1-8-80-46(24-35(5)74-80)56-66-30-44-43-26-40(54(64)85)28-48(53(43)78(57(44)72-56)20-10-11-21-79-58-45(27-41(29-67-58)55(65)86)70-62(79)73-60(88)47-25-36(6)75-81(47)9-2)91-23-19-39-31-76(32-39)63(90)92-33-38-12-14-42(15-13-38)69-59(87)37(7)68-61(89)52(34(3)4)71-49(82)18-22-77-50(83)16-17-51(77)84/h10-17,24-30,34,37,39,52H,8-9,18-23,31-33H2,1-7H3,(H2,64,85)(H2,65,86)(H,68,89)(H,69,87)(H,71,82)(H,70,73,88)/b11-10+/t37-,52-/m1/s1. The van der Waals surface area contributed by atoms with Crippen LogP contribution in [0.3, 0.4) is 0 Å². The fourth-order valence-corrected chi connectivity index (χ4v) is 10.8. The van der Waals surface area contributed by atoms with Gasteiger partial charge in [0.25, 0.3) is 17.7 Å². The number of fused-ring (bicyclic) bond motifs is 4. The largest absolute Gasteiger partial charge is 0.491 e. The number of carbonyl (C=O) groups is 9. The van der Waals surface area contributed by atoms with Gasteiger partial charge in [0.1, 0.15) is 47.0 Å². The molecule has 478 valence electrons. The van der Waals surface area contributed by atoms with E-state index < -0.39 is 65.4 Å². The number of aryl methyl sites for hydroxylation is 4. The van der Waals surface area contributed by atoms with Crippen LogP contribution in [0.15, 0.2) is 91.3 Å². The van der Waals surface area contributed by atoms with E-state index in [2.05, 4.69) is 41.4 Å². The molecule has 8 aromatic rings. The Morgan fingerprint density at radius 1 is 0.739 bits per heavy atom. The maximum Gasteiger partial charge on any atom is 0.410 e. The molecule has 1 fully saturated rings. The monoisotopic (exact) mass is 1250 g/mol. The Kier molecular flexibility index (Phi) is 19.0. The molecule has 9 amide bonds. The molecule has 0 saturated carbocycles. The maximum absolute atomic E-state index is 13.7. The zero-order valence-corrected chi connectivity index (χ0v) is 51.8. The van der Waals surface area contributed by atoms with E-state index in [4.69, 9.17) is 30.9 Å². The minimum absolute atomic E-state index is 0.0422. The summed E-state index contributed by atoms with van der Waals surface area (Å²) in [7, 11) is 0. The van der Waals surface area contributed by atoms with Crippen LogP contribution in [-0.4, -0.2) is 150 Å². The van der Waals surface area contributed by atoms with Crippen molar-refractivity contribution < 1.29 is 52.6 Å². The Hall–Kier alpha value is -11.1. The number of ether oxygens (including phenoxy) is 2. The van der Waals surface area contributed by atoms with Gasteiger partial charge in [-0.3, -0.25) is 62.5 Å². The first-order valence-corrected chi connectivity index (χ1v) is 30.0. The van der Waals surface area contributed by atoms with Crippen LogP contribution < -0.4 is 37.5 Å². The van der Waals surface area contributed by atoms with Crippen molar-refractivity contribution in [2.75, 3.05) is 36.9 Å². The first kappa shape index (κ1) is 63.9. The SMILES string of the molecule is CCn1nc(C)cc1C(=O)Nc1nc2cc(C(N)=O)cnc2n1C/C=C/Cn1c2nc(-c3cc(C)nn3CC)ncc2c2cc(C(N)=O)cc(OCCC3CN(C(=O)OCc4ccc(NC(=O)[C@@H](C)NC(=O)[C@H](NC(=O)CCN5C(=O)C=CC5=O)C(C)C)cc4)C3)c21. The summed E-state index contributed by atoms with van der Waals surface area (Å²) in [6, 6.07) is 13.1. The molecule has 0 spiro atoms. The Morgan fingerprint density at radius 3 is 2.11 bits per heavy atom. The molecule has 0 aliphatic carbocycles. The lowest BCUT2D eigenvalue weighted by atomic mass is 9.97. The first-order valence-electron chi connectivity index (χ1n) is 30.0. The van der Waals surface area contributed by atoms with E-state index in [-0.39, 0.29) is 68.2 Å². The van der Waals surface area contributed by atoms with Gasteiger partial charge >= 0.3 is 6.09 Å². The van der Waals surface area contributed by atoms with Crippen molar-refractivity contribution in [3.8, 4) is 17.3 Å². The van der Waals surface area contributed by atoms with E-state index >= 15 is 0 Å². The molecule has 2 aromatic carbocycles. The lowest BCUT2D eigenvalue weighted by Crippen LogP contribution is -2.54. The Bertz CT molecular complexity index is 4280. The summed E-state index contributed by atoms with van der Waals surface area (Å²) in [5.74, 6) is -3.82. The highest BCUT2D eigenvalue weighted by Crippen LogP contribution is 2.37. The number of allylic oxidation sites excluding steroid dienone is 2. The zero-order valence-electron chi connectivity index (χ0n) is 51.8. The van der Waals surface area contributed by atoms with E-state index in [1.54, 1.807) is 83.6 Å². The number of imide groups is 1. The van der Waals surface area contributed by atoms with Crippen molar-refractivity contribution >= 4 is 98.1 Å². The minimum atomic E-state index is -0.996. The van der Waals surface area contributed by atoms with Crippen LogP contribution in [0.25, 0.3) is 44.6 Å². The molecule has 29 nitrogen and oxygen atoms in total. The predicted molar refractivity (Wildman–Crippen MR) is 336 cm³/mol. The second kappa shape index (κ2) is 27.3. The van der Waals surface area contributed by atoms with Crippen LogP contribution in [0.1, 0.15) is 95.6 Å². The van der Waals surface area contributed by atoms with E-state index in [0.717, 1.165) is 22.7 Å². The van der Waals surface area contributed by atoms with Crippen molar-refractivity contribution in [2.45, 2.75) is 106 Å². The normalized spacial score (nSPS) is 14.0. The second-order valence-electron chi connectivity index (χ2n) is 22.7. The third-order valence-corrected chi connectivity index (χ3v) is 15.7. The highest BCUT2D eigenvalue weighted by molar-refractivity contribution is 6.13. The number of pyridine rings is 1. The van der Waals surface area contributed by atoms with Gasteiger partial charge in [0.2, 0.25) is 35.5 Å². The van der Waals surface area contributed by atoms with Gasteiger partial charge in [0.05, 0.1) is 29.1 Å². The van der Waals surface area contributed by atoms with Crippen LogP contribution in [0, 0.1) is 25.7 Å². The Morgan fingerprint density at radius 2 is 1.42 bits per heavy atom. The summed E-state index contributed by atoms with van der Waals surface area (Å²) in [6.07, 6.45) is 8.92. The van der Waals surface area contributed by atoms with Crippen LogP contribution >= 0.6 is 0 Å². The number of rotatable bonds is 26. The number of nitrogens with zero attached hydrogens (tertiary/aromatic N) is 12. The molecule has 0 bridgehead atoms. The number of aromatic nitrogens is 10. The number of nitrogens with two attached hydrogens (primary N) is 2. The molecule has 2 aliphatic heterocycles. The number of imidazole rings is 1.